The quantitative estimate of drug-likeness (QED) is 0.711. The normalized spacial score (nSPS) is 11.2. The first kappa shape index (κ1) is 10.2. The van der Waals surface area contributed by atoms with Crippen LogP contribution in [0.15, 0.2) is 0 Å². The van der Waals surface area contributed by atoms with Crippen LogP contribution >= 0.6 is 0 Å². The van der Waals surface area contributed by atoms with Crippen LogP contribution in [-0.2, 0) is 13.0 Å². The minimum Gasteiger partial charge on any atom is -0.264 e. The van der Waals surface area contributed by atoms with Gasteiger partial charge in [-0.1, -0.05) is 6.92 Å². The molecule has 0 fully saturated rings. The smallest absolute Gasteiger partial charge is 0.257 e. The number of hydrogen-bond acceptors (Lipinski definition) is 1. The van der Waals surface area contributed by atoms with Crippen LogP contribution in [0.4, 0.5) is 8.78 Å². The monoisotopic (exact) mass is 188 g/mol. The Balaban J connectivity index is 2.96. The van der Waals surface area contributed by atoms with Crippen molar-refractivity contribution < 1.29 is 8.78 Å². The van der Waals surface area contributed by atoms with Crippen molar-refractivity contribution >= 4 is 0 Å². The fourth-order valence-electron chi connectivity index (χ4n) is 1.55. The molecule has 0 aromatic carbocycles. The van der Waals surface area contributed by atoms with E-state index in [-0.39, 0.29) is 6.54 Å². The summed E-state index contributed by atoms with van der Waals surface area (Å²) in [6, 6.07) is 0. The molecule has 4 heteroatoms. The molecule has 1 rings (SSSR count). The molecule has 0 saturated carbocycles. The van der Waals surface area contributed by atoms with Gasteiger partial charge in [-0.25, -0.2) is 8.78 Å². The van der Waals surface area contributed by atoms with Crippen molar-refractivity contribution in [3.05, 3.63) is 17.0 Å². The van der Waals surface area contributed by atoms with Crippen molar-refractivity contribution in [1.29, 1.82) is 0 Å². The highest BCUT2D eigenvalue weighted by atomic mass is 19.3. The van der Waals surface area contributed by atoms with Crippen LogP contribution < -0.4 is 0 Å². The van der Waals surface area contributed by atoms with Gasteiger partial charge in [0.2, 0.25) is 0 Å². The van der Waals surface area contributed by atoms with Gasteiger partial charge in [0, 0.05) is 5.69 Å². The number of alkyl halides is 2. The molecule has 0 aliphatic carbocycles. The summed E-state index contributed by atoms with van der Waals surface area (Å²) in [5, 5.41) is 4.06. The van der Waals surface area contributed by atoms with E-state index in [1.54, 1.807) is 0 Å². The van der Waals surface area contributed by atoms with Crippen molar-refractivity contribution in [3.63, 3.8) is 0 Å². The second kappa shape index (κ2) is 3.85. The molecule has 0 amide bonds. The van der Waals surface area contributed by atoms with Crippen LogP contribution in [0, 0.1) is 13.8 Å². The fraction of sp³-hybridized carbons (Fsp3) is 0.667. The Labute approximate surface area is 76.6 Å². The molecular formula is C9H14F2N2. The van der Waals surface area contributed by atoms with Gasteiger partial charge in [0.15, 0.2) is 0 Å². The Morgan fingerprint density at radius 3 is 2.38 bits per heavy atom. The van der Waals surface area contributed by atoms with Gasteiger partial charge in [0.1, 0.15) is 6.54 Å². The highest BCUT2D eigenvalue weighted by Gasteiger charge is 2.12. The predicted octanol–water partition coefficient (Wildman–Crippen LogP) is 2.33. The Morgan fingerprint density at radius 1 is 1.38 bits per heavy atom. The fourth-order valence-corrected chi connectivity index (χ4v) is 1.55. The lowest BCUT2D eigenvalue weighted by Gasteiger charge is -2.02. The summed E-state index contributed by atoms with van der Waals surface area (Å²) >= 11 is 0. The van der Waals surface area contributed by atoms with Gasteiger partial charge < -0.3 is 0 Å². The zero-order valence-electron chi connectivity index (χ0n) is 8.14. The SMILES string of the molecule is CCc1c(C)nn(CC(F)F)c1C. The molecule has 0 aliphatic rings. The minimum absolute atomic E-state index is 0.299. The van der Waals surface area contributed by atoms with E-state index in [2.05, 4.69) is 5.10 Å². The first-order valence-corrected chi connectivity index (χ1v) is 4.37. The van der Waals surface area contributed by atoms with Crippen molar-refractivity contribution in [2.45, 2.75) is 40.2 Å². The summed E-state index contributed by atoms with van der Waals surface area (Å²) in [5.74, 6) is 0. The molecule has 1 aromatic heterocycles. The molecule has 0 radical (unpaired) electrons. The summed E-state index contributed by atoms with van der Waals surface area (Å²) in [6.45, 7) is 5.39. The van der Waals surface area contributed by atoms with Crippen LogP contribution in [0.25, 0.3) is 0 Å². The molecule has 74 valence electrons. The van der Waals surface area contributed by atoms with E-state index in [1.165, 1.54) is 4.68 Å². The lowest BCUT2D eigenvalue weighted by atomic mass is 10.1. The minimum atomic E-state index is -2.33. The maximum Gasteiger partial charge on any atom is 0.257 e. The van der Waals surface area contributed by atoms with Crippen LogP contribution in [0.2, 0.25) is 0 Å². The Bertz CT molecular complexity index is 292. The van der Waals surface area contributed by atoms with Crippen LogP contribution in [0.5, 0.6) is 0 Å². The van der Waals surface area contributed by atoms with Crippen molar-refractivity contribution in [3.8, 4) is 0 Å². The third-order valence-corrected chi connectivity index (χ3v) is 2.20. The zero-order valence-corrected chi connectivity index (χ0v) is 8.14. The highest BCUT2D eigenvalue weighted by molar-refractivity contribution is 5.24. The van der Waals surface area contributed by atoms with Gasteiger partial charge in [0.05, 0.1) is 5.69 Å². The van der Waals surface area contributed by atoms with E-state index >= 15 is 0 Å². The van der Waals surface area contributed by atoms with Gasteiger partial charge >= 0.3 is 0 Å². The van der Waals surface area contributed by atoms with Crippen molar-refractivity contribution in [2.24, 2.45) is 0 Å². The van der Waals surface area contributed by atoms with Crippen LogP contribution in [-0.4, -0.2) is 16.2 Å². The van der Waals surface area contributed by atoms with Gasteiger partial charge in [-0.3, -0.25) is 4.68 Å². The highest BCUT2D eigenvalue weighted by Crippen LogP contribution is 2.14. The van der Waals surface area contributed by atoms with Gasteiger partial charge in [0.25, 0.3) is 6.43 Å². The van der Waals surface area contributed by atoms with E-state index in [0.717, 1.165) is 23.4 Å². The molecule has 0 bridgehead atoms. The van der Waals surface area contributed by atoms with E-state index in [1.807, 2.05) is 20.8 Å². The zero-order chi connectivity index (χ0) is 10.0. The molecule has 2 nitrogen and oxygen atoms in total. The van der Waals surface area contributed by atoms with E-state index in [9.17, 15) is 8.78 Å². The number of hydrogen-bond donors (Lipinski definition) is 0. The molecule has 0 saturated heterocycles. The second-order valence-electron chi connectivity index (χ2n) is 3.08. The molecule has 13 heavy (non-hydrogen) atoms. The number of halogens is 2. The Hall–Kier alpha value is -0.930. The molecule has 0 aliphatic heterocycles. The van der Waals surface area contributed by atoms with E-state index < -0.39 is 6.43 Å². The number of aromatic nitrogens is 2. The number of nitrogens with zero attached hydrogens (tertiary/aromatic N) is 2. The van der Waals surface area contributed by atoms with Crippen molar-refractivity contribution in [2.75, 3.05) is 0 Å². The summed E-state index contributed by atoms with van der Waals surface area (Å²) in [6.07, 6.45) is -1.48. The molecule has 1 aromatic rings. The lowest BCUT2D eigenvalue weighted by molar-refractivity contribution is 0.121. The Morgan fingerprint density at radius 2 is 2.00 bits per heavy atom. The first-order valence-electron chi connectivity index (χ1n) is 4.37. The lowest BCUT2D eigenvalue weighted by Crippen LogP contribution is -2.09. The van der Waals surface area contributed by atoms with E-state index in [4.69, 9.17) is 0 Å². The molecule has 0 unspecified atom stereocenters. The largest absolute Gasteiger partial charge is 0.264 e. The molecule has 1 heterocycles. The molecular weight excluding hydrogens is 174 g/mol. The average Bonchev–Trinajstić information content (AvgIpc) is 2.26. The predicted molar refractivity (Wildman–Crippen MR) is 47.1 cm³/mol. The number of aryl methyl sites for hydroxylation is 1. The third kappa shape index (κ3) is 2.05. The topological polar surface area (TPSA) is 17.8 Å². The molecule has 0 N–H and O–H groups in total. The van der Waals surface area contributed by atoms with E-state index in [0.29, 0.717) is 0 Å². The van der Waals surface area contributed by atoms with Gasteiger partial charge in [-0.2, -0.15) is 5.10 Å². The summed E-state index contributed by atoms with van der Waals surface area (Å²) < 4.78 is 25.6. The summed E-state index contributed by atoms with van der Waals surface area (Å²) in [5.41, 5.74) is 2.81. The Kier molecular flexibility index (Phi) is 3.01. The maximum atomic E-state index is 12.1. The first-order chi connectivity index (χ1) is 6.06. The second-order valence-corrected chi connectivity index (χ2v) is 3.08. The standard InChI is InChI=1S/C9H14F2N2/c1-4-8-6(2)12-13(7(8)3)5-9(10)11/h9H,4-5H2,1-3H3. The number of rotatable bonds is 3. The summed E-state index contributed by atoms with van der Waals surface area (Å²) in [4.78, 5) is 0. The molecule has 0 atom stereocenters. The van der Waals surface area contributed by atoms with Crippen LogP contribution in [0.3, 0.4) is 0 Å². The third-order valence-electron chi connectivity index (χ3n) is 2.20. The van der Waals surface area contributed by atoms with Gasteiger partial charge in [-0.15, -0.1) is 0 Å². The van der Waals surface area contributed by atoms with Gasteiger partial charge in [-0.05, 0) is 25.8 Å². The maximum absolute atomic E-state index is 12.1. The van der Waals surface area contributed by atoms with Crippen molar-refractivity contribution in [1.82, 2.24) is 9.78 Å². The van der Waals surface area contributed by atoms with Crippen LogP contribution in [0.1, 0.15) is 23.9 Å². The summed E-state index contributed by atoms with van der Waals surface area (Å²) in [7, 11) is 0. The average molecular weight is 188 g/mol. The molecule has 0 spiro atoms.